The molecule has 0 spiro atoms. The first-order valence-corrected chi connectivity index (χ1v) is 5.03. The van der Waals surface area contributed by atoms with Gasteiger partial charge in [0.25, 0.3) is 0 Å². The van der Waals surface area contributed by atoms with E-state index < -0.39 is 0 Å². The number of aliphatic hydroxyl groups excluding tert-OH is 1. The van der Waals surface area contributed by atoms with Gasteiger partial charge in [-0.2, -0.15) is 0 Å². The predicted molar refractivity (Wildman–Crippen MR) is 55.9 cm³/mol. The number of esters is 1. The van der Waals surface area contributed by atoms with Gasteiger partial charge in [-0.1, -0.05) is 34.6 Å². The van der Waals surface area contributed by atoms with Gasteiger partial charge in [0, 0.05) is 18.4 Å². The Morgan fingerprint density at radius 3 is 2.07 bits per heavy atom. The number of rotatable bonds is 5. The number of carbonyl (C=O) groups excluding carboxylic acids is 1. The van der Waals surface area contributed by atoms with E-state index in [4.69, 9.17) is 4.74 Å². The van der Waals surface area contributed by atoms with Gasteiger partial charge < -0.3 is 9.84 Å². The Morgan fingerprint density at radius 2 is 1.71 bits per heavy atom. The molecule has 14 heavy (non-hydrogen) atoms. The molecule has 0 aliphatic heterocycles. The minimum absolute atomic E-state index is 0.0870. The summed E-state index contributed by atoms with van der Waals surface area (Å²) in [7, 11) is 0. The molecular formula is C11H22O3. The van der Waals surface area contributed by atoms with Crippen LogP contribution in [0.2, 0.25) is 0 Å². The summed E-state index contributed by atoms with van der Waals surface area (Å²) in [5, 5.41) is 9.21. The summed E-state index contributed by atoms with van der Waals surface area (Å²) in [5.41, 5.74) is -0.465. The number of ether oxygens (including phenoxy) is 1. The largest absolute Gasteiger partial charge is 0.465 e. The molecule has 0 saturated heterocycles. The highest BCUT2D eigenvalue weighted by atomic mass is 16.5. The van der Waals surface area contributed by atoms with Crippen molar-refractivity contribution in [3.05, 3.63) is 0 Å². The average Bonchev–Trinajstić information content (AvgIpc) is 2.13. The second-order valence-electron chi connectivity index (χ2n) is 4.94. The molecule has 0 aromatic rings. The van der Waals surface area contributed by atoms with Crippen LogP contribution in [0.4, 0.5) is 0 Å². The second kappa shape index (κ2) is 4.78. The Bertz CT molecular complexity index is 195. The molecule has 0 aromatic carbocycles. The van der Waals surface area contributed by atoms with Gasteiger partial charge in [0.05, 0.1) is 6.61 Å². The van der Waals surface area contributed by atoms with Crippen molar-refractivity contribution >= 4 is 5.97 Å². The minimum Gasteiger partial charge on any atom is -0.465 e. The van der Waals surface area contributed by atoms with Crippen LogP contribution in [0, 0.1) is 10.8 Å². The first-order chi connectivity index (χ1) is 6.27. The maximum Gasteiger partial charge on any atom is 0.305 e. The Kier molecular flexibility index (Phi) is 4.59. The lowest BCUT2D eigenvalue weighted by atomic mass is 9.69. The maximum atomic E-state index is 11.0. The van der Waals surface area contributed by atoms with Crippen molar-refractivity contribution in [2.45, 2.75) is 41.0 Å². The monoisotopic (exact) mass is 202 g/mol. The smallest absolute Gasteiger partial charge is 0.305 e. The van der Waals surface area contributed by atoms with Crippen molar-refractivity contribution in [3.63, 3.8) is 0 Å². The normalized spacial score (nSPS) is 12.7. The highest BCUT2D eigenvalue weighted by Crippen LogP contribution is 2.38. The molecule has 0 radical (unpaired) electrons. The Balaban J connectivity index is 4.27. The van der Waals surface area contributed by atoms with Gasteiger partial charge in [0.2, 0.25) is 0 Å². The quantitative estimate of drug-likeness (QED) is 0.693. The van der Waals surface area contributed by atoms with E-state index >= 15 is 0 Å². The Morgan fingerprint density at radius 1 is 1.21 bits per heavy atom. The summed E-state index contributed by atoms with van der Waals surface area (Å²) < 4.78 is 5.09. The van der Waals surface area contributed by atoms with Crippen LogP contribution in [0.3, 0.4) is 0 Å². The lowest BCUT2D eigenvalue weighted by Gasteiger charge is -2.39. The third-order valence-corrected chi connectivity index (χ3v) is 3.11. The van der Waals surface area contributed by atoms with Gasteiger partial charge in [-0.15, -0.1) is 0 Å². The SMILES string of the molecule is CCC(=O)OCC(C)(C)C(C)(C)CO. The Hall–Kier alpha value is -0.570. The second-order valence-corrected chi connectivity index (χ2v) is 4.94. The summed E-state index contributed by atoms with van der Waals surface area (Å²) in [6.07, 6.45) is 0.398. The van der Waals surface area contributed by atoms with Gasteiger partial charge in [0.15, 0.2) is 0 Å². The molecule has 0 unspecified atom stereocenters. The summed E-state index contributed by atoms with van der Waals surface area (Å²) in [6.45, 7) is 10.1. The molecule has 0 aromatic heterocycles. The summed E-state index contributed by atoms with van der Waals surface area (Å²) >= 11 is 0. The van der Waals surface area contributed by atoms with Crippen LogP contribution in [-0.4, -0.2) is 24.3 Å². The van der Waals surface area contributed by atoms with Gasteiger partial charge >= 0.3 is 5.97 Å². The highest BCUT2D eigenvalue weighted by Gasteiger charge is 2.37. The fourth-order valence-corrected chi connectivity index (χ4v) is 0.772. The zero-order valence-electron chi connectivity index (χ0n) is 9.89. The molecule has 0 amide bonds. The molecule has 0 aliphatic carbocycles. The first-order valence-electron chi connectivity index (χ1n) is 5.03. The molecule has 0 heterocycles. The maximum absolute atomic E-state index is 11.0. The van der Waals surface area contributed by atoms with E-state index in [1.54, 1.807) is 6.92 Å². The summed E-state index contributed by atoms with van der Waals surface area (Å²) in [5.74, 6) is -0.188. The zero-order valence-corrected chi connectivity index (χ0v) is 9.89. The lowest BCUT2D eigenvalue weighted by molar-refractivity contribution is -0.149. The molecule has 0 rings (SSSR count). The van der Waals surface area contributed by atoms with Crippen LogP contribution in [0.25, 0.3) is 0 Å². The number of aliphatic hydroxyl groups is 1. The molecular weight excluding hydrogens is 180 g/mol. The van der Waals surface area contributed by atoms with E-state index in [9.17, 15) is 9.90 Å². The van der Waals surface area contributed by atoms with Crippen LogP contribution in [0.15, 0.2) is 0 Å². The van der Waals surface area contributed by atoms with Crippen LogP contribution in [-0.2, 0) is 9.53 Å². The van der Waals surface area contributed by atoms with E-state index in [1.165, 1.54) is 0 Å². The van der Waals surface area contributed by atoms with Crippen LogP contribution < -0.4 is 0 Å². The molecule has 84 valence electrons. The lowest BCUT2D eigenvalue weighted by Crippen LogP contribution is -2.39. The van der Waals surface area contributed by atoms with E-state index in [0.717, 1.165) is 0 Å². The third kappa shape index (κ3) is 3.29. The van der Waals surface area contributed by atoms with Gasteiger partial charge in [-0.25, -0.2) is 0 Å². The van der Waals surface area contributed by atoms with Gasteiger partial charge in [0.1, 0.15) is 0 Å². The molecule has 0 fully saturated rings. The van der Waals surface area contributed by atoms with Crippen molar-refractivity contribution in [3.8, 4) is 0 Å². The number of carbonyl (C=O) groups is 1. The topological polar surface area (TPSA) is 46.5 Å². The number of hydrogen-bond acceptors (Lipinski definition) is 3. The average molecular weight is 202 g/mol. The van der Waals surface area contributed by atoms with Crippen molar-refractivity contribution in [2.24, 2.45) is 10.8 Å². The Labute approximate surface area is 86.5 Å². The molecule has 0 aliphatic rings. The van der Waals surface area contributed by atoms with E-state index in [0.29, 0.717) is 13.0 Å². The first kappa shape index (κ1) is 13.4. The van der Waals surface area contributed by atoms with Gasteiger partial charge in [-0.3, -0.25) is 4.79 Å². The third-order valence-electron chi connectivity index (χ3n) is 3.11. The van der Waals surface area contributed by atoms with Gasteiger partial charge in [-0.05, 0) is 5.41 Å². The summed E-state index contributed by atoms with van der Waals surface area (Å²) in [4.78, 5) is 11.0. The zero-order chi connectivity index (χ0) is 11.4. The molecule has 3 heteroatoms. The highest BCUT2D eigenvalue weighted by molar-refractivity contribution is 5.68. The molecule has 3 nitrogen and oxygen atoms in total. The van der Waals surface area contributed by atoms with Crippen molar-refractivity contribution in [2.75, 3.05) is 13.2 Å². The molecule has 0 atom stereocenters. The number of hydrogen-bond donors (Lipinski definition) is 1. The van der Waals surface area contributed by atoms with Crippen LogP contribution in [0.1, 0.15) is 41.0 Å². The standard InChI is InChI=1S/C11H22O3/c1-6-9(13)14-8-11(4,5)10(2,3)7-12/h12H,6-8H2,1-5H3. The summed E-state index contributed by atoms with van der Waals surface area (Å²) in [6, 6.07) is 0. The predicted octanol–water partition coefficient (Wildman–Crippen LogP) is 1.98. The van der Waals surface area contributed by atoms with E-state index in [2.05, 4.69) is 0 Å². The van der Waals surface area contributed by atoms with Crippen LogP contribution in [0.5, 0.6) is 0 Å². The van der Waals surface area contributed by atoms with E-state index in [1.807, 2.05) is 27.7 Å². The van der Waals surface area contributed by atoms with Crippen molar-refractivity contribution in [1.82, 2.24) is 0 Å². The fourth-order valence-electron chi connectivity index (χ4n) is 0.772. The molecule has 0 bridgehead atoms. The van der Waals surface area contributed by atoms with Crippen LogP contribution >= 0.6 is 0 Å². The molecule has 1 N–H and O–H groups in total. The van der Waals surface area contributed by atoms with E-state index in [-0.39, 0.29) is 23.4 Å². The molecule has 0 saturated carbocycles. The fraction of sp³-hybridized carbons (Fsp3) is 0.909. The van der Waals surface area contributed by atoms with Crippen molar-refractivity contribution < 1.29 is 14.6 Å². The minimum atomic E-state index is -0.249. The van der Waals surface area contributed by atoms with Crippen molar-refractivity contribution in [1.29, 1.82) is 0 Å².